The van der Waals surface area contributed by atoms with E-state index < -0.39 is 10.8 Å². The molecule has 0 saturated heterocycles. The van der Waals surface area contributed by atoms with Crippen molar-refractivity contribution < 1.29 is 8.60 Å². The molecule has 0 aromatic heterocycles. The van der Waals surface area contributed by atoms with E-state index in [9.17, 15) is 8.60 Å². The van der Waals surface area contributed by atoms with E-state index in [2.05, 4.69) is 5.32 Å². The number of benzene rings is 1. The molecule has 0 bridgehead atoms. The zero-order valence-electron chi connectivity index (χ0n) is 8.91. The van der Waals surface area contributed by atoms with Gasteiger partial charge in [-0.25, -0.2) is 4.39 Å². The summed E-state index contributed by atoms with van der Waals surface area (Å²) in [5, 5.41) is 3.50. The molecular weight excluding hydrogens is 225 g/mol. The first-order chi connectivity index (χ1) is 7.74. The highest BCUT2D eigenvalue weighted by molar-refractivity contribution is 7.85. The first kappa shape index (κ1) is 10.4. The van der Waals surface area contributed by atoms with Crippen LogP contribution in [0.15, 0.2) is 23.1 Å². The van der Waals surface area contributed by atoms with Crippen LogP contribution in [0.1, 0.15) is 30.9 Å². The molecule has 4 heteroatoms. The Morgan fingerprint density at radius 2 is 2.12 bits per heavy atom. The molecule has 0 spiro atoms. The molecule has 1 heterocycles. The van der Waals surface area contributed by atoms with Crippen molar-refractivity contribution >= 4 is 10.8 Å². The van der Waals surface area contributed by atoms with Gasteiger partial charge >= 0.3 is 0 Å². The maximum Gasteiger partial charge on any atom is 0.123 e. The SMILES string of the molecule is O=S1CCC(NC2CC2)c2cc(F)ccc21. The van der Waals surface area contributed by atoms with Gasteiger partial charge in [0.25, 0.3) is 0 Å². The fourth-order valence-corrected chi connectivity index (χ4v) is 3.55. The lowest BCUT2D eigenvalue weighted by Gasteiger charge is -2.26. The van der Waals surface area contributed by atoms with Crippen LogP contribution in [0.3, 0.4) is 0 Å². The first-order valence-corrected chi connectivity index (χ1v) is 7.00. The minimum atomic E-state index is -0.945. The lowest BCUT2D eigenvalue weighted by Crippen LogP contribution is -2.29. The van der Waals surface area contributed by atoms with Gasteiger partial charge in [0, 0.05) is 22.7 Å². The highest BCUT2D eigenvalue weighted by Gasteiger charge is 2.30. The Bertz CT molecular complexity index is 445. The number of fused-ring (bicyclic) bond motifs is 1. The average Bonchev–Trinajstić information content (AvgIpc) is 3.06. The minimum absolute atomic E-state index is 0.191. The van der Waals surface area contributed by atoms with E-state index in [4.69, 9.17) is 0 Å². The molecule has 1 saturated carbocycles. The molecule has 1 aliphatic heterocycles. The van der Waals surface area contributed by atoms with Crippen LogP contribution in [-0.4, -0.2) is 16.0 Å². The van der Waals surface area contributed by atoms with Gasteiger partial charge in [-0.05, 0) is 43.0 Å². The van der Waals surface area contributed by atoms with E-state index in [0.29, 0.717) is 11.8 Å². The largest absolute Gasteiger partial charge is 0.307 e. The van der Waals surface area contributed by atoms with Crippen LogP contribution < -0.4 is 5.32 Å². The zero-order chi connectivity index (χ0) is 11.1. The lowest BCUT2D eigenvalue weighted by molar-refractivity contribution is 0.496. The van der Waals surface area contributed by atoms with Crippen LogP contribution in [-0.2, 0) is 10.8 Å². The van der Waals surface area contributed by atoms with Crippen LogP contribution >= 0.6 is 0 Å². The van der Waals surface area contributed by atoms with Crippen molar-refractivity contribution in [1.29, 1.82) is 0 Å². The zero-order valence-corrected chi connectivity index (χ0v) is 9.73. The Balaban J connectivity index is 1.96. The fourth-order valence-electron chi connectivity index (χ4n) is 2.20. The van der Waals surface area contributed by atoms with Crippen LogP contribution in [0.5, 0.6) is 0 Å². The van der Waals surface area contributed by atoms with Crippen molar-refractivity contribution in [3.05, 3.63) is 29.6 Å². The maximum atomic E-state index is 13.2. The summed E-state index contributed by atoms with van der Waals surface area (Å²) in [5.74, 6) is 0.448. The molecule has 1 aromatic carbocycles. The summed E-state index contributed by atoms with van der Waals surface area (Å²) in [7, 11) is -0.945. The molecule has 2 unspecified atom stereocenters. The van der Waals surface area contributed by atoms with E-state index in [0.717, 1.165) is 16.9 Å². The van der Waals surface area contributed by atoms with Gasteiger partial charge in [-0.15, -0.1) is 0 Å². The van der Waals surface area contributed by atoms with E-state index in [1.54, 1.807) is 6.07 Å². The Morgan fingerprint density at radius 1 is 1.31 bits per heavy atom. The van der Waals surface area contributed by atoms with Crippen LogP contribution in [0.2, 0.25) is 0 Å². The Kier molecular flexibility index (Phi) is 2.56. The molecule has 1 fully saturated rings. The molecule has 0 amide bonds. The molecule has 2 aliphatic rings. The Morgan fingerprint density at radius 3 is 2.88 bits per heavy atom. The molecule has 3 rings (SSSR count). The molecule has 2 nitrogen and oxygen atoms in total. The van der Waals surface area contributed by atoms with Gasteiger partial charge in [0.05, 0.1) is 10.8 Å². The molecule has 0 radical (unpaired) electrons. The number of halogens is 1. The summed E-state index contributed by atoms with van der Waals surface area (Å²) in [5.41, 5.74) is 0.900. The number of nitrogens with one attached hydrogen (secondary N) is 1. The summed E-state index contributed by atoms with van der Waals surface area (Å²) >= 11 is 0. The molecule has 16 heavy (non-hydrogen) atoms. The van der Waals surface area contributed by atoms with E-state index in [-0.39, 0.29) is 11.9 Å². The minimum Gasteiger partial charge on any atom is -0.307 e. The van der Waals surface area contributed by atoms with Crippen molar-refractivity contribution in [2.75, 3.05) is 5.75 Å². The molecule has 2 atom stereocenters. The van der Waals surface area contributed by atoms with Gasteiger partial charge < -0.3 is 5.32 Å². The predicted molar refractivity (Wildman–Crippen MR) is 61.2 cm³/mol. The molecule has 86 valence electrons. The summed E-state index contributed by atoms with van der Waals surface area (Å²) in [6.45, 7) is 0. The third-order valence-electron chi connectivity index (χ3n) is 3.20. The smallest absolute Gasteiger partial charge is 0.123 e. The maximum absolute atomic E-state index is 13.2. The second-order valence-corrected chi connectivity index (χ2v) is 6.05. The predicted octanol–water partition coefficient (Wildman–Crippen LogP) is 2.13. The highest BCUT2D eigenvalue weighted by Crippen LogP contribution is 2.33. The van der Waals surface area contributed by atoms with Crippen molar-refractivity contribution in [1.82, 2.24) is 5.32 Å². The van der Waals surface area contributed by atoms with Crippen molar-refractivity contribution in [3.63, 3.8) is 0 Å². The van der Waals surface area contributed by atoms with E-state index in [1.165, 1.54) is 25.0 Å². The molecule has 1 aliphatic carbocycles. The lowest BCUT2D eigenvalue weighted by atomic mass is 10.0. The standard InChI is InChI=1S/C12H14FNOS/c13-8-1-4-12-10(7-8)11(5-6-16(12)15)14-9-2-3-9/h1,4,7,9,11,14H,2-3,5-6H2. The van der Waals surface area contributed by atoms with Crippen LogP contribution in [0.4, 0.5) is 4.39 Å². The first-order valence-electron chi connectivity index (χ1n) is 5.68. The molecule has 1 N–H and O–H groups in total. The third-order valence-corrected chi connectivity index (χ3v) is 4.67. The van der Waals surface area contributed by atoms with Gasteiger partial charge in [-0.3, -0.25) is 4.21 Å². The van der Waals surface area contributed by atoms with Crippen molar-refractivity contribution in [2.45, 2.75) is 36.2 Å². The topological polar surface area (TPSA) is 29.1 Å². The van der Waals surface area contributed by atoms with E-state index >= 15 is 0 Å². The monoisotopic (exact) mass is 239 g/mol. The average molecular weight is 239 g/mol. The summed E-state index contributed by atoms with van der Waals surface area (Å²) in [6.07, 6.45) is 3.27. The fraction of sp³-hybridized carbons (Fsp3) is 0.500. The Hall–Kier alpha value is -0.740. The van der Waals surface area contributed by atoms with Crippen LogP contribution in [0.25, 0.3) is 0 Å². The quantitative estimate of drug-likeness (QED) is 0.856. The highest BCUT2D eigenvalue weighted by atomic mass is 32.2. The molecular formula is C12H14FNOS. The van der Waals surface area contributed by atoms with Crippen molar-refractivity contribution in [2.24, 2.45) is 0 Å². The van der Waals surface area contributed by atoms with Gasteiger partial charge in [-0.1, -0.05) is 0 Å². The normalized spacial score (nSPS) is 28.8. The van der Waals surface area contributed by atoms with Crippen LogP contribution in [0, 0.1) is 5.82 Å². The third kappa shape index (κ3) is 1.92. The second-order valence-electron chi connectivity index (χ2n) is 4.51. The number of hydrogen-bond acceptors (Lipinski definition) is 2. The number of rotatable bonds is 2. The second kappa shape index (κ2) is 3.93. The summed E-state index contributed by atoms with van der Waals surface area (Å²) < 4.78 is 25.0. The number of hydrogen-bond donors (Lipinski definition) is 1. The van der Waals surface area contributed by atoms with Crippen molar-refractivity contribution in [3.8, 4) is 0 Å². The van der Waals surface area contributed by atoms with Gasteiger partial charge in [-0.2, -0.15) is 0 Å². The van der Waals surface area contributed by atoms with Gasteiger partial charge in [0.2, 0.25) is 0 Å². The van der Waals surface area contributed by atoms with Gasteiger partial charge in [0.1, 0.15) is 5.82 Å². The summed E-state index contributed by atoms with van der Waals surface area (Å²) in [6, 6.07) is 5.38. The Labute approximate surface area is 96.7 Å². The molecule has 1 aromatic rings. The van der Waals surface area contributed by atoms with E-state index in [1.807, 2.05) is 0 Å². The summed E-state index contributed by atoms with van der Waals surface area (Å²) in [4.78, 5) is 0.811. The van der Waals surface area contributed by atoms with Gasteiger partial charge in [0.15, 0.2) is 0 Å².